The average molecular weight is 271 g/mol. The van der Waals surface area contributed by atoms with E-state index in [1.807, 2.05) is 48.6 Å². The molecule has 0 amide bonds. The molecule has 0 aromatic heterocycles. The Morgan fingerprint density at radius 3 is 2.60 bits per heavy atom. The number of nitrogens with two attached hydrogens (primary N) is 1. The van der Waals surface area contributed by atoms with Gasteiger partial charge in [-0.3, -0.25) is 4.90 Å². The molecule has 106 valence electrons. The summed E-state index contributed by atoms with van der Waals surface area (Å²) in [6.45, 7) is 3.41. The molecule has 1 aliphatic carbocycles. The van der Waals surface area contributed by atoms with E-state index in [9.17, 15) is 5.11 Å². The van der Waals surface area contributed by atoms with Gasteiger partial charge < -0.3 is 16.2 Å². The van der Waals surface area contributed by atoms with Gasteiger partial charge in [-0.2, -0.15) is 0 Å². The van der Waals surface area contributed by atoms with E-state index in [-0.39, 0.29) is 5.92 Å². The van der Waals surface area contributed by atoms with Crippen LogP contribution in [0.1, 0.15) is 11.5 Å². The maximum absolute atomic E-state index is 11.3. The van der Waals surface area contributed by atoms with E-state index < -0.39 is 5.72 Å². The van der Waals surface area contributed by atoms with E-state index >= 15 is 0 Å². The van der Waals surface area contributed by atoms with Crippen molar-refractivity contribution in [2.24, 2.45) is 5.73 Å². The second-order valence-electron chi connectivity index (χ2n) is 5.39. The zero-order valence-electron chi connectivity index (χ0n) is 11.5. The molecule has 4 N–H and O–H groups in total. The first-order chi connectivity index (χ1) is 9.72. The number of nitrogens with one attached hydrogen (secondary N) is 1. The van der Waals surface area contributed by atoms with Gasteiger partial charge in [0.15, 0.2) is 0 Å². The number of allylic oxidation sites excluding steroid dienone is 2. The van der Waals surface area contributed by atoms with Crippen LogP contribution in [-0.2, 0) is 0 Å². The second-order valence-corrected chi connectivity index (χ2v) is 5.39. The van der Waals surface area contributed by atoms with Crippen molar-refractivity contribution in [3.63, 3.8) is 0 Å². The van der Waals surface area contributed by atoms with Gasteiger partial charge in [0.05, 0.1) is 5.92 Å². The van der Waals surface area contributed by atoms with Crippen LogP contribution in [-0.4, -0.2) is 41.9 Å². The number of piperazine rings is 1. The van der Waals surface area contributed by atoms with Gasteiger partial charge >= 0.3 is 0 Å². The van der Waals surface area contributed by atoms with Crippen LogP contribution in [0, 0.1) is 0 Å². The highest BCUT2D eigenvalue weighted by atomic mass is 16.3. The molecule has 1 aliphatic heterocycles. The van der Waals surface area contributed by atoms with Crippen molar-refractivity contribution in [1.82, 2.24) is 10.2 Å². The molecule has 20 heavy (non-hydrogen) atoms. The summed E-state index contributed by atoms with van der Waals surface area (Å²) < 4.78 is 0. The van der Waals surface area contributed by atoms with Gasteiger partial charge in [-0.15, -0.1) is 0 Å². The molecule has 1 heterocycles. The van der Waals surface area contributed by atoms with Crippen molar-refractivity contribution in [2.45, 2.75) is 11.6 Å². The molecule has 2 atom stereocenters. The molecular weight excluding hydrogens is 250 g/mol. The Balaban J connectivity index is 1.99. The Labute approximate surface area is 119 Å². The molecule has 1 aromatic carbocycles. The minimum Gasteiger partial charge on any atom is -0.401 e. The summed E-state index contributed by atoms with van der Waals surface area (Å²) in [5, 5.41) is 14.6. The summed E-state index contributed by atoms with van der Waals surface area (Å²) in [6, 6.07) is 10.00. The zero-order valence-corrected chi connectivity index (χ0v) is 11.5. The van der Waals surface area contributed by atoms with E-state index in [2.05, 4.69) is 10.2 Å². The maximum Gasteiger partial charge on any atom is 0.150 e. The lowest BCUT2D eigenvalue weighted by Gasteiger charge is -2.46. The summed E-state index contributed by atoms with van der Waals surface area (Å²) >= 11 is 0. The maximum atomic E-state index is 11.3. The standard InChI is InChI=1S/C16H21N3O/c17-14-7-4-8-16(20,19-11-9-18-10-12-19)15(14)13-5-2-1-3-6-13/h1-8,15,18,20H,9-12,17H2. The van der Waals surface area contributed by atoms with Crippen molar-refractivity contribution in [2.75, 3.05) is 26.2 Å². The minimum atomic E-state index is -1.04. The first kappa shape index (κ1) is 13.4. The third-order valence-corrected chi connectivity index (χ3v) is 4.14. The lowest BCUT2D eigenvalue weighted by molar-refractivity contribution is -0.0870. The minimum absolute atomic E-state index is 0.216. The molecule has 0 bridgehead atoms. The number of rotatable bonds is 2. The quantitative estimate of drug-likeness (QED) is 0.744. The van der Waals surface area contributed by atoms with Crippen molar-refractivity contribution in [3.05, 3.63) is 59.8 Å². The number of aliphatic hydroxyl groups is 1. The second kappa shape index (κ2) is 5.40. The smallest absolute Gasteiger partial charge is 0.150 e. The van der Waals surface area contributed by atoms with Crippen molar-refractivity contribution in [1.29, 1.82) is 0 Å². The van der Waals surface area contributed by atoms with Gasteiger partial charge in [-0.05, 0) is 17.7 Å². The van der Waals surface area contributed by atoms with Gasteiger partial charge in [0.2, 0.25) is 0 Å². The van der Waals surface area contributed by atoms with Crippen LogP contribution < -0.4 is 11.1 Å². The Morgan fingerprint density at radius 1 is 1.20 bits per heavy atom. The Kier molecular flexibility index (Phi) is 3.61. The fraction of sp³-hybridized carbons (Fsp3) is 0.375. The van der Waals surface area contributed by atoms with Crippen LogP contribution in [0.5, 0.6) is 0 Å². The highest BCUT2D eigenvalue weighted by Gasteiger charge is 2.43. The summed E-state index contributed by atoms with van der Waals surface area (Å²) in [6.07, 6.45) is 5.61. The van der Waals surface area contributed by atoms with Crippen LogP contribution in [0.2, 0.25) is 0 Å². The Hall–Kier alpha value is -1.62. The van der Waals surface area contributed by atoms with Gasteiger partial charge in [0, 0.05) is 31.9 Å². The molecule has 0 spiro atoms. The highest BCUT2D eigenvalue weighted by Crippen LogP contribution is 2.39. The lowest BCUT2D eigenvalue weighted by atomic mass is 9.81. The molecule has 1 fully saturated rings. The molecular formula is C16H21N3O. The summed E-state index contributed by atoms with van der Waals surface area (Å²) in [5.41, 5.74) is 6.92. The van der Waals surface area contributed by atoms with Crippen LogP contribution in [0.4, 0.5) is 0 Å². The van der Waals surface area contributed by atoms with Gasteiger partial charge in [0.1, 0.15) is 5.72 Å². The van der Waals surface area contributed by atoms with E-state index in [0.717, 1.165) is 31.7 Å². The molecule has 0 saturated carbocycles. The SMILES string of the molecule is NC1=CC=CC(O)(N2CCNCC2)C1c1ccccc1. The topological polar surface area (TPSA) is 61.5 Å². The molecule has 3 rings (SSSR count). The zero-order chi connectivity index (χ0) is 14.0. The first-order valence-corrected chi connectivity index (χ1v) is 7.10. The molecule has 0 radical (unpaired) electrons. The average Bonchev–Trinajstić information content (AvgIpc) is 2.49. The molecule has 4 nitrogen and oxygen atoms in total. The third-order valence-electron chi connectivity index (χ3n) is 4.14. The van der Waals surface area contributed by atoms with E-state index in [1.54, 1.807) is 0 Å². The Bertz CT molecular complexity index is 520. The number of hydrogen-bond acceptors (Lipinski definition) is 4. The fourth-order valence-corrected chi connectivity index (χ4v) is 3.13. The number of nitrogens with zero attached hydrogens (tertiary/aromatic N) is 1. The Morgan fingerprint density at radius 2 is 1.90 bits per heavy atom. The summed E-state index contributed by atoms with van der Waals surface area (Å²) in [7, 11) is 0. The molecule has 2 unspecified atom stereocenters. The van der Waals surface area contributed by atoms with E-state index in [4.69, 9.17) is 5.73 Å². The normalized spacial score (nSPS) is 31.1. The van der Waals surface area contributed by atoms with Crippen LogP contribution in [0.25, 0.3) is 0 Å². The fourth-order valence-electron chi connectivity index (χ4n) is 3.13. The summed E-state index contributed by atoms with van der Waals surface area (Å²) in [5.74, 6) is -0.216. The van der Waals surface area contributed by atoms with Crippen molar-refractivity contribution < 1.29 is 5.11 Å². The monoisotopic (exact) mass is 271 g/mol. The van der Waals surface area contributed by atoms with Gasteiger partial charge in [-0.25, -0.2) is 0 Å². The molecule has 4 heteroatoms. The van der Waals surface area contributed by atoms with Crippen LogP contribution in [0.3, 0.4) is 0 Å². The summed E-state index contributed by atoms with van der Waals surface area (Å²) in [4.78, 5) is 2.11. The van der Waals surface area contributed by atoms with Crippen molar-refractivity contribution >= 4 is 0 Å². The lowest BCUT2D eigenvalue weighted by Crippen LogP contribution is -2.59. The van der Waals surface area contributed by atoms with Crippen LogP contribution >= 0.6 is 0 Å². The van der Waals surface area contributed by atoms with Crippen LogP contribution in [0.15, 0.2) is 54.3 Å². The third kappa shape index (κ3) is 2.26. The molecule has 1 aromatic rings. The van der Waals surface area contributed by atoms with E-state index in [0.29, 0.717) is 5.70 Å². The predicted molar refractivity (Wildman–Crippen MR) is 80.0 cm³/mol. The number of hydrogen-bond donors (Lipinski definition) is 3. The molecule has 1 saturated heterocycles. The first-order valence-electron chi connectivity index (χ1n) is 7.10. The van der Waals surface area contributed by atoms with Crippen molar-refractivity contribution in [3.8, 4) is 0 Å². The van der Waals surface area contributed by atoms with E-state index in [1.165, 1.54) is 0 Å². The highest BCUT2D eigenvalue weighted by molar-refractivity contribution is 5.39. The molecule has 2 aliphatic rings. The van der Waals surface area contributed by atoms with Gasteiger partial charge in [-0.1, -0.05) is 36.4 Å². The largest absolute Gasteiger partial charge is 0.401 e. The predicted octanol–water partition coefficient (Wildman–Crippen LogP) is 0.776. The number of benzene rings is 1. The van der Waals surface area contributed by atoms with Gasteiger partial charge in [0.25, 0.3) is 0 Å².